The molecule has 33 heavy (non-hydrogen) atoms. The fourth-order valence-corrected chi connectivity index (χ4v) is 4.38. The van der Waals surface area contributed by atoms with Crippen molar-refractivity contribution in [3.63, 3.8) is 0 Å². The van der Waals surface area contributed by atoms with E-state index in [1.807, 2.05) is 66.7 Å². The van der Waals surface area contributed by atoms with Crippen molar-refractivity contribution in [3.05, 3.63) is 102 Å². The minimum absolute atomic E-state index is 0.109. The van der Waals surface area contributed by atoms with E-state index < -0.39 is 0 Å². The van der Waals surface area contributed by atoms with E-state index in [0.717, 1.165) is 38.3 Å². The first-order valence-corrected chi connectivity index (χ1v) is 11.4. The number of aromatic hydroxyl groups is 1. The smallest absolute Gasteiger partial charge is 0.271 e. The van der Waals surface area contributed by atoms with Crippen molar-refractivity contribution in [1.29, 1.82) is 0 Å². The van der Waals surface area contributed by atoms with Crippen LogP contribution in [0.15, 0.2) is 95.2 Å². The van der Waals surface area contributed by atoms with Crippen molar-refractivity contribution in [2.75, 3.05) is 0 Å². The molecule has 0 spiro atoms. The normalized spacial score (nSPS) is 11.4. The van der Waals surface area contributed by atoms with Crippen LogP contribution in [0.4, 0.5) is 0 Å². The third-order valence-corrected chi connectivity index (χ3v) is 6.21. The predicted octanol–water partition coefficient (Wildman–Crippen LogP) is 5.48. The Morgan fingerprint density at radius 3 is 2.64 bits per heavy atom. The lowest BCUT2D eigenvalue weighted by Gasteiger charge is -2.05. The highest BCUT2D eigenvalue weighted by Crippen LogP contribution is 2.25. The zero-order valence-electron chi connectivity index (χ0n) is 17.5. The molecule has 1 amide bonds. The molecule has 0 aliphatic carbocycles. The number of rotatable bonds is 6. The number of fused-ring (bicyclic) bond motifs is 2. The molecule has 0 unspecified atom stereocenters. The number of carbonyl (C=O) groups is 1. The maximum absolute atomic E-state index is 12.5. The molecule has 0 aliphatic heterocycles. The van der Waals surface area contributed by atoms with Crippen LogP contribution < -0.4 is 5.43 Å². The second-order valence-corrected chi connectivity index (χ2v) is 8.43. The molecule has 5 aromatic rings. The fourth-order valence-electron chi connectivity index (χ4n) is 3.54. The van der Waals surface area contributed by atoms with Crippen molar-refractivity contribution in [3.8, 4) is 5.75 Å². The van der Waals surface area contributed by atoms with Crippen LogP contribution >= 0.6 is 11.8 Å². The quantitative estimate of drug-likeness (QED) is 0.181. The van der Waals surface area contributed by atoms with Crippen LogP contribution in [-0.4, -0.2) is 27.2 Å². The Morgan fingerprint density at radius 1 is 1.00 bits per heavy atom. The topological polar surface area (TPSA) is 90.4 Å². The third kappa shape index (κ3) is 4.58. The summed E-state index contributed by atoms with van der Waals surface area (Å²) in [5.74, 6) is 0.528. The predicted molar refractivity (Wildman–Crippen MR) is 133 cm³/mol. The van der Waals surface area contributed by atoms with Gasteiger partial charge in [0.15, 0.2) is 5.16 Å². The van der Waals surface area contributed by atoms with Gasteiger partial charge in [-0.25, -0.2) is 10.4 Å². The summed E-state index contributed by atoms with van der Waals surface area (Å²) in [6, 6.07) is 26.5. The molecule has 1 aromatic heterocycles. The van der Waals surface area contributed by atoms with Crippen molar-refractivity contribution >= 4 is 45.7 Å². The molecular formula is C26H20N4O2S. The first-order chi connectivity index (χ1) is 16.2. The van der Waals surface area contributed by atoms with Gasteiger partial charge in [0.25, 0.3) is 5.91 Å². The molecule has 0 bridgehead atoms. The summed E-state index contributed by atoms with van der Waals surface area (Å²) in [4.78, 5) is 20.3. The fraction of sp³-hybridized carbons (Fsp3) is 0.0385. The monoisotopic (exact) mass is 452 g/mol. The van der Waals surface area contributed by atoms with E-state index in [1.54, 1.807) is 30.0 Å². The Morgan fingerprint density at radius 2 is 1.79 bits per heavy atom. The number of aromatic nitrogens is 2. The molecule has 1 heterocycles. The van der Waals surface area contributed by atoms with E-state index in [-0.39, 0.29) is 11.7 Å². The van der Waals surface area contributed by atoms with Gasteiger partial charge >= 0.3 is 0 Å². The average Bonchev–Trinajstić information content (AvgIpc) is 3.27. The highest BCUT2D eigenvalue weighted by molar-refractivity contribution is 7.98. The molecule has 162 valence electrons. The van der Waals surface area contributed by atoms with Crippen LogP contribution in [0, 0.1) is 0 Å². The first-order valence-electron chi connectivity index (χ1n) is 10.4. The second kappa shape index (κ2) is 9.18. The van der Waals surface area contributed by atoms with Crippen molar-refractivity contribution < 1.29 is 9.90 Å². The van der Waals surface area contributed by atoms with Gasteiger partial charge < -0.3 is 10.1 Å². The number of hydrogen-bond acceptors (Lipinski definition) is 5. The molecule has 0 atom stereocenters. The summed E-state index contributed by atoms with van der Waals surface area (Å²) >= 11 is 1.61. The van der Waals surface area contributed by atoms with Gasteiger partial charge in [-0.05, 0) is 46.7 Å². The number of hydrogen-bond donors (Lipinski definition) is 3. The Balaban J connectivity index is 1.21. The lowest BCUT2D eigenvalue weighted by molar-refractivity contribution is 0.0955. The largest absolute Gasteiger partial charge is 0.507 e. The molecule has 6 nitrogen and oxygen atoms in total. The number of aromatic amines is 1. The number of thioether (sulfide) groups is 1. The Labute approximate surface area is 194 Å². The maximum atomic E-state index is 12.5. The van der Waals surface area contributed by atoms with Crippen LogP contribution in [-0.2, 0) is 5.75 Å². The van der Waals surface area contributed by atoms with Gasteiger partial charge in [0.05, 0.1) is 17.2 Å². The molecule has 0 radical (unpaired) electrons. The molecule has 0 saturated heterocycles. The van der Waals surface area contributed by atoms with E-state index >= 15 is 0 Å². The van der Waals surface area contributed by atoms with Gasteiger partial charge in [0.2, 0.25) is 0 Å². The zero-order chi connectivity index (χ0) is 22.6. The maximum Gasteiger partial charge on any atom is 0.271 e. The highest BCUT2D eigenvalue weighted by atomic mass is 32.2. The summed E-state index contributed by atoms with van der Waals surface area (Å²) in [5, 5.41) is 16.9. The first kappa shape index (κ1) is 20.8. The van der Waals surface area contributed by atoms with Gasteiger partial charge in [0, 0.05) is 16.9 Å². The Kier molecular flexibility index (Phi) is 5.78. The van der Waals surface area contributed by atoms with E-state index in [1.165, 1.54) is 6.21 Å². The molecule has 5 rings (SSSR count). The number of nitrogens with one attached hydrogen (secondary N) is 2. The third-order valence-electron chi connectivity index (χ3n) is 5.27. The van der Waals surface area contributed by atoms with E-state index in [9.17, 15) is 9.90 Å². The van der Waals surface area contributed by atoms with Crippen LogP contribution in [0.1, 0.15) is 21.5 Å². The Bertz CT molecular complexity index is 1440. The van der Waals surface area contributed by atoms with Crippen LogP contribution in [0.5, 0.6) is 5.75 Å². The van der Waals surface area contributed by atoms with Crippen molar-refractivity contribution in [2.24, 2.45) is 5.10 Å². The number of para-hydroxylation sites is 2. The summed E-state index contributed by atoms with van der Waals surface area (Å²) < 4.78 is 0. The highest BCUT2D eigenvalue weighted by Gasteiger charge is 2.08. The van der Waals surface area contributed by atoms with Gasteiger partial charge in [-0.1, -0.05) is 66.4 Å². The minimum Gasteiger partial charge on any atom is -0.507 e. The Hall–Kier alpha value is -4.10. The van der Waals surface area contributed by atoms with Gasteiger partial charge in [-0.15, -0.1) is 0 Å². The number of imidazole rings is 1. The summed E-state index contributed by atoms with van der Waals surface area (Å²) in [7, 11) is 0. The second-order valence-electron chi connectivity index (χ2n) is 7.46. The van der Waals surface area contributed by atoms with Gasteiger partial charge in [-0.2, -0.15) is 5.10 Å². The van der Waals surface area contributed by atoms with Crippen LogP contribution in [0.3, 0.4) is 0 Å². The number of carbonyl (C=O) groups excluding carboxylic acids is 1. The van der Waals surface area contributed by atoms with Crippen LogP contribution in [0.2, 0.25) is 0 Å². The average molecular weight is 453 g/mol. The number of H-pyrrole nitrogens is 1. The van der Waals surface area contributed by atoms with Crippen LogP contribution in [0.25, 0.3) is 21.8 Å². The minimum atomic E-state index is -0.317. The number of nitrogens with zero attached hydrogens (tertiary/aromatic N) is 2. The van der Waals surface area contributed by atoms with E-state index in [4.69, 9.17) is 0 Å². The van der Waals surface area contributed by atoms with E-state index in [2.05, 4.69) is 20.5 Å². The SMILES string of the molecule is O=C(N/N=C/c1c(O)ccc2ccccc12)c1ccc(CSc2nc3ccccc3[nH]2)cc1. The molecule has 0 saturated carbocycles. The number of amides is 1. The summed E-state index contributed by atoms with van der Waals surface area (Å²) in [5.41, 5.74) is 6.65. The van der Waals surface area contributed by atoms with Crippen molar-refractivity contribution in [1.82, 2.24) is 15.4 Å². The molecule has 4 aromatic carbocycles. The van der Waals surface area contributed by atoms with Crippen molar-refractivity contribution in [2.45, 2.75) is 10.9 Å². The lowest BCUT2D eigenvalue weighted by Crippen LogP contribution is -2.17. The van der Waals surface area contributed by atoms with Gasteiger partial charge in [-0.3, -0.25) is 4.79 Å². The number of benzene rings is 4. The summed E-state index contributed by atoms with van der Waals surface area (Å²) in [6.07, 6.45) is 1.47. The lowest BCUT2D eigenvalue weighted by atomic mass is 10.0. The number of phenols is 1. The molecule has 0 aliphatic rings. The number of phenolic OH excluding ortho intramolecular Hbond substituents is 1. The summed E-state index contributed by atoms with van der Waals surface area (Å²) in [6.45, 7) is 0. The van der Waals surface area contributed by atoms with Gasteiger partial charge in [0.1, 0.15) is 5.75 Å². The zero-order valence-corrected chi connectivity index (χ0v) is 18.3. The standard InChI is InChI=1S/C26H20N4O2S/c31-24-14-13-18-5-1-2-6-20(18)21(24)15-27-30-25(32)19-11-9-17(10-12-19)16-33-26-28-22-7-3-4-8-23(22)29-26/h1-15,31H,16H2,(H,28,29)(H,30,32)/b27-15+. The van der Waals surface area contributed by atoms with E-state index in [0.29, 0.717) is 11.1 Å². The molecule has 3 N–H and O–H groups in total. The molecular weight excluding hydrogens is 432 g/mol. The number of hydrazone groups is 1. The molecule has 0 fully saturated rings. The molecule has 7 heteroatoms.